The Morgan fingerprint density at radius 3 is 2.67 bits per heavy atom. The molecule has 0 aliphatic carbocycles. The van der Waals surface area contributed by atoms with E-state index in [1.165, 1.54) is 6.92 Å². The average molecular weight is 172 g/mol. The number of hydrogen-bond donors (Lipinski definition) is 2. The summed E-state index contributed by atoms with van der Waals surface area (Å²) < 4.78 is 0. The third-order valence-corrected chi connectivity index (χ3v) is 1.96. The molecule has 0 unspecified atom stereocenters. The number of rotatable bonds is 1. The van der Waals surface area contributed by atoms with Crippen molar-refractivity contribution in [2.45, 2.75) is 19.4 Å². The van der Waals surface area contributed by atoms with Crippen LogP contribution in [0.25, 0.3) is 0 Å². The minimum Gasteiger partial charge on any atom is -0.465 e. The summed E-state index contributed by atoms with van der Waals surface area (Å²) in [6.07, 6.45) is -0.309. The highest BCUT2D eigenvalue weighted by Crippen LogP contribution is 2.08. The van der Waals surface area contributed by atoms with Gasteiger partial charge in [-0.2, -0.15) is 0 Å². The molecule has 0 bridgehead atoms. The van der Waals surface area contributed by atoms with Gasteiger partial charge in [0.25, 0.3) is 0 Å². The number of carbonyl (C=O) groups is 2. The molecule has 0 radical (unpaired) electrons. The van der Waals surface area contributed by atoms with Crippen LogP contribution in [0.4, 0.5) is 4.79 Å². The first-order valence-electron chi connectivity index (χ1n) is 3.84. The molecule has 5 heteroatoms. The minimum absolute atomic E-state index is 0.00434. The third-order valence-electron chi connectivity index (χ3n) is 1.96. The van der Waals surface area contributed by atoms with Crippen molar-refractivity contribution in [3.05, 3.63) is 0 Å². The summed E-state index contributed by atoms with van der Waals surface area (Å²) in [4.78, 5) is 22.7. The van der Waals surface area contributed by atoms with E-state index in [1.807, 2.05) is 0 Å². The molecular weight excluding hydrogens is 160 g/mol. The van der Waals surface area contributed by atoms with Crippen LogP contribution in [0.2, 0.25) is 0 Å². The molecule has 1 fully saturated rings. The number of carboxylic acid groups (broad SMARTS) is 1. The van der Waals surface area contributed by atoms with Crippen LogP contribution in [-0.2, 0) is 4.79 Å². The standard InChI is InChI=1S/C7H12N2O3/c1-5(10)9-3-2-6(4-9)8-7(11)12/h6,8H,2-4H2,1H3,(H,11,12)/t6-/m1/s1. The Balaban J connectivity index is 2.35. The van der Waals surface area contributed by atoms with E-state index in [1.54, 1.807) is 4.90 Å². The second kappa shape index (κ2) is 3.42. The molecule has 0 saturated carbocycles. The van der Waals surface area contributed by atoms with E-state index in [0.29, 0.717) is 19.5 Å². The largest absolute Gasteiger partial charge is 0.465 e. The molecular formula is C7H12N2O3. The van der Waals surface area contributed by atoms with Gasteiger partial charge in [0.15, 0.2) is 0 Å². The van der Waals surface area contributed by atoms with Crippen LogP contribution >= 0.6 is 0 Å². The molecule has 1 aliphatic heterocycles. The second-order valence-electron chi connectivity index (χ2n) is 2.90. The van der Waals surface area contributed by atoms with Gasteiger partial charge in [0.05, 0.1) is 6.04 Å². The van der Waals surface area contributed by atoms with Crippen LogP contribution in [0.1, 0.15) is 13.3 Å². The predicted molar refractivity (Wildman–Crippen MR) is 41.8 cm³/mol. The Kier molecular flexibility index (Phi) is 2.52. The Labute approximate surface area is 70.4 Å². The lowest BCUT2D eigenvalue weighted by atomic mass is 10.3. The summed E-state index contributed by atoms with van der Waals surface area (Å²) in [6, 6.07) is -0.0913. The quantitative estimate of drug-likeness (QED) is 0.579. The van der Waals surface area contributed by atoms with Crippen molar-refractivity contribution >= 4 is 12.0 Å². The number of amides is 2. The van der Waals surface area contributed by atoms with Gasteiger partial charge in [0.2, 0.25) is 5.91 Å². The van der Waals surface area contributed by atoms with Gasteiger partial charge in [0.1, 0.15) is 0 Å². The molecule has 2 N–H and O–H groups in total. The minimum atomic E-state index is -1.02. The van der Waals surface area contributed by atoms with Crippen molar-refractivity contribution < 1.29 is 14.7 Å². The predicted octanol–water partition coefficient (Wildman–Crippen LogP) is -0.125. The summed E-state index contributed by atoms with van der Waals surface area (Å²) in [5, 5.41) is 10.7. The first-order chi connectivity index (χ1) is 5.59. The highest BCUT2D eigenvalue weighted by atomic mass is 16.4. The lowest BCUT2D eigenvalue weighted by Crippen LogP contribution is -2.37. The lowest BCUT2D eigenvalue weighted by Gasteiger charge is -2.13. The van der Waals surface area contributed by atoms with E-state index >= 15 is 0 Å². The van der Waals surface area contributed by atoms with Crippen molar-refractivity contribution in [1.29, 1.82) is 0 Å². The number of hydrogen-bond acceptors (Lipinski definition) is 2. The maximum Gasteiger partial charge on any atom is 0.404 e. The summed E-state index contributed by atoms with van der Waals surface area (Å²) in [5.74, 6) is 0.00434. The monoisotopic (exact) mass is 172 g/mol. The molecule has 0 aromatic carbocycles. The van der Waals surface area contributed by atoms with Crippen molar-refractivity contribution in [2.75, 3.05) is 13.1 Å². The average Bonchev–Trinajstić information content (AvgIpc) is 2.34. The van der Waals surface area contributed by atoms with E-state index in [2.05, 4.69) is 5.32 Å². The highest BCUT2D eigenvalue weighted by molar-refractivity contribution is 5.73. The molecule has 1 aliphatic rings. The Hall–Kier alpha value is -1.26. The van der Waals surface area contributed by atoms with Crippen LogP contribution in [0, 0.1) is 0 Å². The molecule has 1 atom stereocenters. The number of likely N-dealkylation sites (tertiary alicyclic amines) is 1. The molecule has 68 valence electrons. The number of nitrogens with one attached hydrogen (secondary N) is 1. The lowest BCUT2D eigenvalue weighted by molar-refractivity contribution is -0.127. The van der Waals surface area contributed by atoms with E-state index in [0.717, 1.165) is 0 Å². The van der Waals surface area contributed by atoms with Gasteiger partial charge in [-0.25, -0.2) is 4.79 Å². The third kappa shape index (κ3) is 2.11. The molecule has 1 heterocycles. The zero-order chi connectivity index (χ0) is 9.14. The summed E-state index contributed by atoms with van der Waals surface area (Å²) >= 11 is 0. The van der Waals surface area contributed by atoms with Crippen LogP contribution in [0.15, 0.2) is 0 Å². The van der Waals surface area contributed by atoms with E-state index in [4.69, 9.17) is 5.11 Å². The molecule has 1 rings (SSSR count). The summed E-state index contributed by atoms with van der Waals surface area (Å²) in [6.45, 7) is 2.64. The topological polar surface area (TPSA) is 69.6 Å². The van der Waals surface area contributed by atoms with Crippen LogP contribution in [0.5, 0.6) is 0 Å². The van der Waals surface area contributed by atoms with Crippen molar-refractivity contribution in [3.63, 3.8) is 0 Å². The number of carbonyl (C=O) groups excluding carboxylic acids is 1. The van der Waals surface area contributed by atoms with Gasteiger partial charge in [-0.15, -0.1) is 0 Å². The molecule has 2 amide bonds. The van der Waals surface area contributed by atoms with Crippen LogP contribution in [-0.4, -0.2) is 41.1 Å². The zero-order valence-corrected chi connectivity index (χ0v) is 6.91. The van der Waals surface area contributed by atoms with Gasteiger partial charge < -0.3 is 15.3 Å². The fraction of sp³-hybridized carbons (Fsp3) is 0.714. The Morgan fingerprint density at radius 2 is 2.25 bits per heavy atom. The maximum atomic E-state index is 10.8. The molecule has 0 spiro atoms. The van der Waals surface area contributed by atoms with Gasteiger partial charge in [-0.05, 0) is 6.42 Å². The van der Waals surface area contributed by atoms with Crippen LogP contribution < -0.4 is 5.32 Å². The summed E-state index contributed by atoms with van der Waals surface area (Å²) in [7, 11) is 0. The molecule has 5 nitrogen and oxygen atoms in total. The first kappa shape index (κ1) is 8.83. The fourth-order valence-electron chi connectivity index (χ4n) is 1.34. The smallest absolute Gasteiger partial charge is 0.404 e. The second-order valence-corrected chi connectivity index (χ2v) is 2.90. The molecule has 0 aromatic heterocycles. The van der Waals surface area contributed by atoms with Gasteiger partial charge in [-0.3, -0.25) is 4.79 Å². The Morgan fingerprint density at radius 1 is 1.58 bits per heavy atom. The van der Waals surface area contributed by atoms with E-state index in [9.17, 15) is 9.59 Å². The fourth-order valence-corrected chi connectivity index (χ4v) is 1.34. The SMILES string of the molecule is CC(=O)N1CC[C@@H](NC(=O)O)C1. The van der Waals surface area contributed by atoms with E-state index < -0.39 is 6.09 Å². The number of nitrogens with zero attached hydrogens (tertiary/aromatic N) is 1. The molecule has 12 heavy (non-hydrogen) atoms. The molecule has 0 aromatic rings. The van der Waals surface area contributed by atoms with E-state index in [-0.39, 0.29) is 11.9 Å². The zero-order valence-electron chi connectivity index (χ0n) is 6.91. The van der Waals surface area contributed by atoms with Crippen molar-refractivity contribution in [3.8, 4) is 0 Å². The van der Waals surface area contributed by atoms with Crippen molar-refractivity contribution in [2.24, 2.45) is 0 Å². The normalized spacial score (nSPS) is 22.4. The first-order valence-corrected chi connectivity index (χ1v) is 3.84. The van der Waals surface area contributed by atoms with Crippen LogP contribution in [0.3, 0.4) is 0 Å². The van der Waals surface area contributed by atoms with Gasteiger partial charge >= 0.3 is 6.09 Å². The highest BCUT2D eigenvalue weighted by Gasteiger charge is 2.24. The molecule has 1 saturated heterocycles. The summed E-state index contributed by atoms with van der Waals surface area (Å²) in [5.41, 5.74) is 0. The van der Waals surface area contributed by atoms with Gasteiger partial charge in [-0.1, -0.05) is 0 Å². The Bertz CT molecular complexity index is 205. The maximum absolute atomic E-state index is 10.8. The van der Waals surface area contributed by atoms with Crippen molar-refractivity contribution in [1.82, 2.24) is 10.2 Å². The van der Waals surface area contributed by atoms with Gasteiger partial charge in [0, 0.05) is 20.0 Å².